The number of nitrogens with zero attached hydrogens (tertiary/aromatic N) is 1. The van der Waals surface area contributed by atoms with Crippen LogP contribution in [0.1, 0.15) is 36.2 Å². The van der Waals surface area contributed by atoms with Gasteiger partial charge in [-0.3, -0.25) is 4.79 Å². The van der Waals surface area contributed by atoms with Crippen LogP contribution >= 0.6 is 0 Å². The molecule has 1 saturated carbocycles. The second-order valence-corrected chi connectivity index (χ2v) is 4.74. The molecule has 92 valence electrons. The first kappa shape index (κ1) is 10.8. The highest BCUT2D eigenvalue weighted by molar-refractivity contribution is 5.91. The fourth-order valence-corrected chi connectivity index (χ4v) is 2.89. The molecule has 3 rings (SSSR count). The van der Waals surface area contributed by atoms with Crippen molar-refractivity contribution >= 4 is 5.91 Å². The summed E-state index contributed by atoms with van der Waals surface area (Å²) in [5.41, 5.74) is 0. The molecule has 1 amide bonds. The number of hydrogen-bond donors (Lipinski definition) is 0. The molecule has 4 heteroatoms. The van der Waals surface area contributed by atoms with E-state index >= 15 is 0 Å². The van der Waals surface area contributed by atoms with Gasteiger partial charge in [-0.15, -0.1) is 0 Å². The number of morpholine rings is 1. The predicted octanol–water partition coefficient (Wildman–Crippen LogP) is 2.06. The molecule has 4 nitrogen and oxygen atoms in total. The van der Waals surface area contributed by atoms with Gasteiger partial charge in [0.25, 0.3) is 5.91 Å². The average molecular weight is 235 g/mol. The Kier molecular flexibility index (Phi) is 2.89. The summed E-state index contributed by atoms with van der Waals surface area (Å²) in [7, 11) is 0. The average Bonchev–Trinajstić information content (AvgIpc) is 2.91. The van der Waals surface area contributed by atoms with Crippen LogP contribution in [0.15, 0.2) is 22.8 Å². The second-order valence-electron chi connectivity index (χ2n) is 4.74. The van der Waals surface area contributed by atoms with Gasteiger partial charge in [-0.05, 0) is 25.0 Å². The van der Waals surface area contributed by atoms with Crippen molar-refractivity contribution in [1.29, 1.82) is 0 Å². The highest BCUT2D eigenvalue weighted by Gasteiger charge is 2.37. The minimum Gasteiger partial charge on any atom is -0.459 e. The molecule has 0 N–H and O–H groups in total. The van der Waals surface area contributed by atoms with E-state index in [4.69, 9.17) is 9.15 Å². The van der Waals surface area contributed by atoms with Crippen LogP contribution in [-0.2, 0) is 4.74 Å². The molecule has 0 spiro atoms. The van der Waals surface area contributed by atoms with Crippen molar-refractivity contribution < 1.29 is 13.9 Å². The Hall–Kier alpha value is -1.29. The first-order chi connectivity index (χ1) is 8.36. The van der Waals surface area contributed by atoms with Crippen LogP contribution in [0.25, 0.3) is 0 Å². The van der Waals surface area contributed by atoms with E-state index in [9.17, 15) is 4.79 Å². The van der Waals surface area contributed by atoms with Crippen molar-refractivity contribution in [3.63, 3.8) is 0 Å². The lowest BCUT2D eigenvalue weighted by atomic mass is 9.90. The molecule has 17 heavy (non-hydrogen) atoms. The zero-order valence-electron chi connectivity index (χ0n) is 9.80. The summed E-state index contributed by atoms with van der Waals surface area (Å²) in [4.78, 5) is 14.2. The van der Waals surface area contributed by atoms with E-state index in [2.05, 4.69) is 0 Å². The van der Waals surface area contributed by atoms with Crippen molar-refractivity contribution in [2.75, 3.05) is 13.2 Å². The van der Waals surface area contributed by atoms with Crippen LogP contribution < -0.4 is 0 Å². The van der Waals surface area contributed by atoms with Gasteiger partial charge >= 0.3 is 0 Å². The van der Waals surface area contributed by atoms with Crippen molar-refractivity contribution in [2.24, 2.45) is 0 Å². The third-order valence-electron chi connectivity index (χ3n) is 3.72. The number of carbonyl (C=O) groups is 1. The molecular weight excluding hydrogens is 218 g/mol. The van der Waals surface area contributed by atoms with E-state index in [-0.39, 0.29) is 18.1 Å². The minimum atomic E-state index is 0.00944. The molecular formula is C13H17NO3. The number of rotatable bonds is 1. The molecule has 2 fully saturated rings. The molecule has 1 aromatic rings. The van der Waals surface area contributed by atoms with Gasteiger partial charge in [0.05, 0.1) is 25.0 Å². The Morgan fingerprint density at radius 2 is 2.24 bits per heavy atom. The predicted molar refractivity (Wildman–Crippen MR) is 61.7 cm³/mol. The Balaban J connectivity index is 1.79. The highest BCUT2D eigenvalue weighted by Crippen LogP contribution is 2.29. The Morgan fingerprint density at radius 3 is 3.06 bits per heavy atom. The van der Waals surface area contributed by atoms with Gasteiger partial charge in [-0.25, -0.2) is 0 Å². The number of furan rings is 1. The summed E-state index contributed by atoms with van der Waals surface area (Å²) in [5, 5.41) is 0. The number of fused-ring (bicyclic) bond motifs is 1. The Bertz CT molecular complexity index is 385. The van der Waals surface area contributed by atoms with Crippen molar-refractivity contribution in [2.45, 2.75) is 37.8 Å². The zero-order chi connectivity index (χ0) is 11.7. The van der Waals surface area contributed by atoms with Crippen LogP contribution in [0.2, 0.25) is 0 Å². The van der Waals surface area contributed by atoms with Gasteiger partial charge in [-0.1, -0.05) is 12.8 Å². The summed E-state index contributed by atoms with van der Waals surface area (Å²) < 4.78 is 11.0. The van der Waals surface area contributed by atoms with Crippen molar-refractivity contribution in [3.8, 4) is 0 Å². The Labute approximate surface area is 101 Å². The fourth-order valence-electron chi connectivity index (χ4n) is 2.89. The number of amides is 1. The highest BCUT2D eigenvalue weighted by atomic mass is 16.5. The van der Waals surface area contributed by atoms with Crippen LogP contribution in [-0.4, -0.2) is 36.1 Å². The van der Waals surface area contributed by atoms with E-state index in [1.54, 1.807) is 18.4 Å². The maximum absolute atomic E-state index is 12.3. The molecule has 1 aromatic heterocycles. The lowest BCUT2D eigenvalue weighted by Gasteiger charge is -2.43. The fraction of sp³-hybridized carbons (Fsp3) is 0.615. The molecule has 1 aliphatic carbocycles. The van der Waals surface area contributed by atoms with E-state index < -0.39 is 0 Å². The van der Waals surface area contributed by atoms with Gasteiger partial charge in [0.2, 0.25) is 0 Å². The molecule has 0 unspecified atom stereocenters. The van der Waals surface area contributed by atoms with E-state index in [1.807, 2.05) is 4.90 Å². The molecule has 1 saturated heterocycles. The summed E-state index contributed by atoms with van der Waals surface area (Å²) in [5.74, 6) is 0.450. The zero-order valence-corrected chi connectivity index (χ0v) is 9.80. The Morgan fingerprint density at radius 1 is 1.35 bits per heavy atom. The largest absolute Gasteiger partial charge is 0.459 e. The maximum Gasteiger partial charge on any atom is 0.289 e. The van der Waals surface area contributed by atoms with Crippen molar-refractivity contribution in [1.82, 2.24) is 4.90 Å². The first-order valence-electron chi connectivity index (χ1n) is 6.32. The molecule has 2 heterocycles. The molecule has 0 aromatic carbocycles. The number of hydrogen-bond acceptors (Lipinski definition) is 3. The standard InChI is InChI=1S/C13H17NO3/c15-13(12-6-3-8-16-12)14-7-9-17-11-5-2-1-4-10(11)14/h3,6,8,10-11H,1-2,4-5,7,9H2/t10-,11+/m1/s1. The molecule has 0 bridgehead atoms. The summed E-state index contributed by atoms with van der Waals surface area (Å²) in [6.45, 7) is 1.33. The van der Waals surface area contributed by atoms with Crippen molar-refractivity contribution in [3.05, 3.63) is 24.2 Å². The third kappa shape index (κ3) is 1.97. The first-order valence-corrected chi connectivity index (χ1v) is 6.32. The SMILES string of the molecule is O=C(c1ccco1)N1CCO[C@H]2CCCC[C@H]21. The van der Waals surface area contributed by atoms with Crippen LogP contribution in [0.4, 0.5) is 0 Å². The van der Waals surface area contributed by atoms with E-state index in [0.717, 1.165) is 12.8 Å². The summed E-state index contributed by atoms with van der Waals surface area (Å²) in [6, 6.07) is 3.73. The molecule has 2 aliphatic rings. The van der Waals surface area contributed by atoms with E-state index in [1.165, 1.54) is 12.8 Å². The van der Waals surface area contributed by atoms with Gasteiger partial charge in [0.1, 0.15) is 0 Å². The number of carbonyl (C=O) groups excluding carboxylic acids is 1. The maximum atomic E-state index is 12.3. The van der Waals surface area contributed by atoms with Crippen LogP contribution in [0, 0.1) is 0 Å². The minimum absolute atomic E-state index is 0.00944. The van der Waals surface area contributed by atoms with Gasteiger partial charge < -0.3 is 14.1 Å². The van der Waals surface area contributed by atoms with E-state index in [0.29, 0.717) is 18.9 Å². The smallest absolute Gasteiger partial charge is 0.289 e. The number of ether oxygens (including phenoxy) is 1. The van der Waals surface area contributed by atoms with Crippen LogP contribution in [0.5, 0.6) is 0 Å². The molecule has 2 atom stereocenters. The quantitative estimate of drug-likeness (QED) is 0.748. The normalized spacial score (nSPS) is 28.8. The third-order valence-corrected chi connectivity index (χ3v) is 3.72. The lowest BCUT2D eigenvalue weighted by Crippen LogP contribution is -2.54. The van der Waals surface area contributed by atoms with Crippen LogP contribution in [0.3, 0.4) is 0 Å². The van der Waals surface area contributed by atoms with Gasteiger partial charge in [0, 0.05) is 6.54 Å². The lowest BCUT2D eigenvalue weighted by molar-refractivity contribution is -0.0759. The summed E-state index contributed by atoms with van der Waals surface area (Å²) in [6.07, 6.45) is 6.31. The monoisotopic (exact) mass is 235 g/mol. The summed E-state index contributed by atoms with van der Waals surface area (Å²) >= 11 is 0. The molecule has 0 radical (unpaired) electrons. The van der Waals surface area contributed by atoms with Gasteiger partial charge in [-0.2, -0.15) is 0 Å². The topological polar surface area (TPSA) is 42.7 Å². The molecule has 1 aliphatic heterocycles. The van der Waals surface area contributed by atoms with Gasteiger partial charge in [0.15, 0.2) is 5.76 Å². The second kappa shape index (κ2) is 4.53.